The van der Waals surface area contributed by atoms with Crippen LogP contribution in [-0.4, -0.2) is 27.7 Å². The average molecular weight is 311 g/mol. The minimum Gasteiger partial charge on any atom is -0.482 e. The third-order valence-corrected chi connectivity index (χ3v) is 3.42. The minimum absolute atomic E-state index is 0.293. The molecule has 0 saturated carbocycles. The second-order valence-corrected chi connectivity index (χ2v) is 4.92. The highest BCUT2D eigenvalue weighted by Crippen LogP contribution is 2.18. The van der Waals surface area contributed by atoms with E-state index in [4.69, 9.17) is 4.74 Å². The lowest BCUT2D eigenvalue weighted by atomic mass is 10.1. The summed E-state index contributed by atoms with van der Waals surface area (Å²) >= 11 is 0. The van der Waals surface area contributed by atoms with E-state index in [1.165, 1.54) is 0 Å². The third kappa shape index (κ3) is 3.08. The van der Waals surface area contributed by atoms with Gasteiger partial charge in [0.2, 0.25) is 11.8 Å². The standard InChI is InChI=1S/C16H17N5O2/c1-3-11-6-4-7-12(10-11)17-16(22)18-15-20-19-13-8-5-9-14(23-2)21(13)15/h4-10H,3H2,1-2H3,(H2,17,18,20,22). The van der Waals surface area contributed by atoms with Gasteiger partial charge in [-0.05, 0) is 36.2 Å². The van der Waals surface area contributed by atoms with Crippen LogP contribution < -0.4 is 15.4 Å². The molecule has 118 valence electrons. The van der Waals surface area contributed by atoms with E-state index in [-0.39, 0.29) is 0 Å². The van der Waals surface area contributed by atoms with Gasteiger partial charge in [0.05, 0.1) is 7.11 Å². The summed E-state index contributed by atoms with van der Waals surface area (Å²) in [4.78, 5) is 12.2. The normalized spacial score (nSPS) is 10.5. The molecule has 1 aromatic carbocycles. The number of pyridine rings is 1. The van der Waals surface area contributed by atoms with E-state index in [1.54, 1.807) is 23.6 Å². The third-order valence-electron chi connectivity index (χ3n) is 3.42. The van der Waals surface area contributed by atoms with Crippen molar-refractivity contribution in [3.05, 3.63) is 48.0 Å². The van der Waals surface area contributed by atoms with Crippen molar-refractivity contribution in [3.63, 3.8) is 0 Å². The number of ether oxygens (including phenoxy) is 1. The topological polar surface area (TPSA) is 80.5 Å². The molecule has 3 aromatic rings. The summed E-state index contributed by atoms with van der Waals surface area (Å²) in [6.45, 7) is 2.06. The van der Waals surface area contributed by atoms with Crippen molar-refractivity contribution in [1.29, 1.82) is 0 Å². The van der Waals surface area contributed by atoms with Crippen LogP contribution in [0.15, 0.2) is 42.5 Å². The number of urea groups is 1. The van der Waals surface area contributed by atoms with Crippen LogP contribution in [0.2, 0.25) is 0 Å². The van der Waals surface area contributed by atoms with Gasteiger partial charge in [0.15, 0.2) is 5.65 Å². The maximum Gasteiger partial charge on any atom is 0.326 e. The molecule has 3 rings (SSSR count). The minimum atomic E-state index is -0.390. The van der Waals surface area contributed by atoms with E-state index in [9.17, 15) is 4.79 Å². The van der Waals surface area contributed by atoms with Crippen LogP contribution in [0, 0.1) is 0 Å². The highest BCUT2D eigenvalue weighted by atomic mass is 16.5. The van der Waals surface area contributed by atoms with E-state index in [1.807, 2.05) is 30.3 Å². The Kier molecular flexibility index (Phi) is 4.09. The molecule has 2 aromatic heterocycles. The van der Waals surface area contributed by atoms with Crippen molar-refractivity contribution in [2.45, 2.75) is 13.3 Å². The number of carbonyl (C=O) groups is 1. The number of anilines is 2. The predicted molar refractivity (Wildman–Crippen MR) is 88.0 cm³/mol. The molecule has 0 aliphatic rings. The molecule has 0 unspecified atom stereocenters. The van der Waals surface area contributed by atoms with Gasteiger partial charge in [-0.25, -0.2) is 9.20 Å². The van der Waals surface area contributed by atoms with Crippen LogP contribution in [0.4, 0.5) is 16.4 Å². The molecule has 2 N–H and O–H groups in total. The zero-order valence-electron chi connectivity index (χ0n) is 12.9. The fourth-order valence-corrected chi connectivity index (χ4v) is 2.29. The van der Waals surface area contributed by atoms with Crippen molar-refractivity contribution in [2.24, 2.45) is 0 Å². The number of hydrogen-bond donors (Lipinski definition) is 2. The lowest BCUT2D eigenvalue weighted by molar-refractivity contribution is 0.262. The van der Waals surface area contributed by atoms with Gasteiger partial charge in [-0.3, -0.25) is 5.32 Å². The van der Waals surface area contributed by atoms with E-state index < -0.39 is 6.03 Å². The first-order valence-electron chi connectivity index (χ1n) is 7.26. The molecule has 23 heavy (non-hydrogen) atoms. The molecule has 0 aliphatic heterocycles. The quantitative estimate of drug-likeness (QED) is 0.776. The van der Waals surface area contributed by atoms with Crippen LogP contribution in [0.5, 0.6) is 5.88 Å². The Morgan fingerprint density at radius 1 is 1.17 bits per heavy atom. The fraction of sp³-hybridized carbons (Fsp3) is 0.188. The number of amides is 2. The Hall–Kier alpha value is -3.09. The van der Waals surface area contributed by atoms with Crippen molar-refractivity contribution in [1.82, 2.24) is 14.6 Å². The van der Waals surface area contributed by atoms with Crippen molar-refractivity contribution in [2.75, 3.05) is 17.7 Å². The second kappa shape index (κ2) is 6.35. The number of fused-ring (bicyclic) bond motifs is 1. The first-order chi connectivity index (χ1) is 11.2. The summed E-state index contributed by atoms with van der Waals surface area (Å²) in [6, 6.07) is 12.7. The largest absolute Gasteiger partial charge is 0.482 e. The number of aromatic nitrogens is 3. The number of rotatable bonds is 4. The summed E-state index contributed by atoms with van der Waals surface area (Å²) in [5.74, 6) is 0.831. The second-order valence-electron chi connectivity index (χ2n) is 4.92. The molecule has 2 heterocycles. The van der Waals surface area contributed by atoms with Gasteiger partial charge < -0.3 is 10.1 Å². The highest BCUT2D eigenvalue weighted by molar-refractivity contribution is 5.98. The first-order valence-corrected chi connectivity index (χ1v) is 7.26. The SMILES string of the molecule is CCc1cccc(NC(=O)Nc2nnc3cccc(OC)n23)c1. The Labute approximate surface area is 133 Å². The Morgan fingerprint density at radius 2 is 2.00 bits per heavy atom. The molecule has 0 atom stereocenters. The summed E-state index contributed by atoms with van der Waals surface area (Å²) in [6.07, 6.45) is 0.906. The number of methoxy groups -OCH3 is 1. The van der Waals surface area contributed by atoms with Gasteiger partial charge in [0.1, 0.15) is 0 Å². The maximum absolute atomic E-state index is 12.2. The Morgan fingerprint density at radius 3 is 2.78 bits per heavy atom. The molecule has 7 nitrogen and oxygen atoms in total. The van der Waals surface area contributed by atoms with Gasteiger partial charge in [0.25, 0.3) is 0 Å². The molecular formula is C16H17N5O2. The molecule has 0 fully saturated rings. The number of benzene rings is 1. The zero-order valence-corrected chi connectivity index (χ0v) is 12.9. The summed E-state index contributed by atoms with van der Waals surface area (Å²) in [5.41, 5.74) is 2.47. The van der Waals surface area contributed by atoms with Crippen LogP contribution in [-0.2, 0) is 6.42 Å². The Bertz CT molecular complexity index is 843. The van der Waals surface area contributed by atoms with Crippen molar-refractivity contribution < 1.29 is 9.53 Å². The van der Waals surface area contributed by atoms with E-state index in [0.29, 0.717) is 17.5 Å². The van der Waals surface area contributed by atoms with Gasteiger partial charge in [0, 0.05) is 5.69 Å². The zero-order chi connectivity index (χ0) is 16.2. The smallest absolute Gasteiger partial charge is 0.326 e. The summed E-state index contributed by atoms with van der Waals surface area (Å²) < 4.78 is 6.89. The molecular weight excluding hydrogens is 294 g/mol. The average Bonchev–Trinajstić information content (AvgIpc) is 2.98. The number of hydrogen-bond acceptors (Lipinski definition) is 4. The molecule has 0 saturated heterocycles. The van der Waals surface area contributed by atoms with Gasteiger partial charge in [-0.2, -0.15) is 0 Å². The monoisotopic (exact) mass is 311 g/mol. The van der Waals surface area contributed by atoms with Gasteiger partial charge in [-0.15, -0.1) is 10.2 Å². The van der Waals surface area contributed by atoms with Gasteiger partial charge in [-0.1, -0.05) is 25.1 Å². The Balaban J connectivity index is 1.80. The molecule has 7 heteroatoms. The van der Waals surface area contributed by atoms with Crippen LogP contribution in [0.1, 0.15) is 12.5 Å². The molecule has 0 bridgehead atoms. The summed E-state index contributed by atoms with van der Waals surface area (Å²) in [5, 5.41) is 13.5. The van der Waals surface area contributed by atoms with E-state index in [2.05, 4.69) is 27.8 Å². The van der Waals surface area contributed by atoms with Gasteiger partial charge >= 0.3 is 6.03 Å². The highest BCUT2D eigenvalue weighted by Gasteiger charge is 2.12. The van der Waals surface area contributed by atoms with Crippen molar-refractivity contribution >= 4 is 23.3 Å². The molecule has 0 aliphatic carbocycles. The number of aryl methyl sites for hydroxylation is 1. The number of nitrogens with zero attached hydrogens (tertiary/aromatic N) is 3. The molecule has 2 amide bonds. The molecule has 0 spiro atoms. The van der Waals surface area contributed by atoms with Crippen LogP contribution in [0.3, 0.4) is 0 Å². The van der Waals surface area contributed by atoms with Crippen LogP contribution in [0.25, 0.3) is 5.65 Å². The number of nitrogens with one attached hydrogen (secondary N) is 2. The van der Waals surface area contributed by atoms with E-state index in [0.717, 1.165) is 17.7 Å². The van der Waals surface area contributed by atoms with Crippen LogP contribution >= 0.6 is 0 Å². The lowest BCUT2D eigenvalue weighted by Gasteiger charge is -2.09. The predicted octanol–water partition coefficient (Wildman–Crippen LogP) is 2.94. The maximum atomic E-state index is 12.2. The molecule has 0 radical (unpaired) electrons. The summed E-state index contributed by atoms with van der Waals surface area (Å²) in [7, 11) is 1.55. The lowest BCUT2D eigenvalue weighted by Crippen LogP contribution is -2.21. The first kappa shape index (κ1) is 14.8. The fourth-order valence-electron chi connectivity index (χ4n) is 2.29. The van der Waals surface area contributed by atoms with E-state index >= 15 is 0 Å². The number of carbonyl (C=O) groups excluding carboxylic acids is 1. The van der Waals surface area contributed by atoms with Crippen molar-refractivity contribution in [3.8, 4) is 5.88 Å².